The summed E-state index contributed by atoms with van der Waals surface area (Å²) in [4.78, 5) is 21.2. The van der Waals surface area contributed by atoms with Crippen LogP contribution in [0.15, 0.2) is 0 Å². The third-order valence-corrected chi connectivity index (χ3v) is 4.30. The number of aliphatic carboxylic acids is 1. The first kappa shape index (κ1) is 18.9. The van der Waals surface area contributed by atoms with Gasteiger partial charge in [-0.05, 0) is 25.2 Å². The van der Waals surface area contributed by atoms with Gasteiger partial charge in [0.25, 0.3) is 0 Å². The molecule has 0 saturated heterocycles. The molecule has 2 N–H and O–H groups in total. The molecular weight excluding hydrogens is 286 g/mol. The number of carboxylic acid groups (broad SMARTS) is 1. The second-order valence-corrected chi connectivity index (χ2v) is 6.65. The van der Waals surface area contributed by atoms with Crippen molar-refractivity contribution in [3.05, 3.63) is 0 Å². The fourth-order valence-electron chi connectivity index (χ4n) is 1.56. The van der Waals surface area contributed by atoms with E-state index in [0.717, 1.165) is 0 Å². The standard InChI is InChI=1S/C12H23NO6S/c1-10(5-6-11(14)15)7-8-13-20(17,18)9-3-4-12(16)19-2/h10,13H,3-9H2,1-2H3,(H,14,15). The number of carbonyl (C=O) groups is 2. The molecule has 0 aromatic rings. The van der Waals surface area contributed by atoms with E-state index < -0.39 is 22.0 Å². The van der Waals surface area contributed by atoms with E-state index in [1.807, 2.05) is 6.92 Å². The third-order valence-electron chi connectivity index (χ3n) is 2.83. The molecule has 0 saturated carbocycles. The van der Waals surface area contributed by atoms with E-state index in [4.69, 9.17) is 5.11 Å². The van der Waals surface area contributed by atoms with E-state index in [2.05, 4.69) is 9.46 Å². The molecule has 7 nitrogen and oxygen atoms in total. The molecule has 0 aliphatic carbocycles. The van der Waals surface area contributed by atoms with Crippen molar-refractivity contribution in [1.29, 1.82) is 0 Å². The number of nitrogens with one attached hydrogen (secondary N) is 1. The molecule has 20 heavy (non-hydrogen) atoms. The van der Waals surface area contributed by atoms with E-state index in [1.54, 1.807) is 0 Å². The van der Waals surface area contributed by atoms with Crippen molar-refractivity contribution in [1.82, 2.24) is 4.72 Å². The van der Waals surface area contributed by atoms with Gasteiger partial charge in [0, 0.05) is 19.4 Å². The van der Waals surface area contributed by atoms with Gasteiger partial charge in [-0.25, -0.2) is 13.1 Å². The predicted molar refractivity (Wildman–Crippen MR) is 73.7 cm³/mol. The fourth-order valence-corrected chi connectivity index (χ4v) is 2.65. The van der Waals surface area contributed by atoms with Gasteiger partial charge in [0.15, 0.2) is 0 Å². The van der Waals surface area contributed by atoms with E-state index in [1.165, 1.54) is 7.11 Å². The Hall–Kier alpha value is -1.15. The Morgan fingerprint density at radius 3 is 2.45 bits per heavy atom. The fraction of sp³-hybridized carbons (Fsp3) is 0.833. The Bertz CT molecular complexity index is 406. The van der Waals surface area contributed by atoms with Gasteiger partial charge in [0.1, 0.15) is 0 Å². The Morgan fingerprint density at radius 1 is 1.25 bits per heavy atom. The summed E-state index contributed by atoms with van der Waals surface area (Å²) < 4.78 is 30.0. The van der Waals surface area contributed by atoms with Crippen LogP contribution in [0.1, 0.15) is 39.0 Å². The number of esters is 1. The van der Waals surface area contributed by atoms with Crippen molar-refractivity contribution in [2.24, 2.45) is 5.92 Å². The number of ether oxygens (including phenoxy) is 1. The second kappa shape index (κ2) is 9.71. The van der Waals surface area contributed by atoms with E-state index in [-0.39, 0.29) is 37.5 Å². The summed E-state index contributed by atoms with van der Waals surface area (Å²) in [7, 11) is -2.13. The molecular formula is C12H23NO6S. The Balaban J connectivity index is 3.81. The van der Waals surface area contributed by atoms with Crippen LogP contribution in [0.5, 0.6) is 0 Å². The van der Waals surface area contributed by atoms with Gasteiger partial charge in [-0.1, -0.05) is 6.92 Å². The molecule has 0 bridgehead atoms. The zero-order valence-corrected chi connectivity index (χ0v) is 12.7. The van der Waals surface area contributed by atoms with Gasteiger partial charge < -0.3 is 9.84 Å². The average molecular weight is 309 g/mol. The van der Waals surface area contributed by atoms with Crippen LogP contribution in [0.25, 0.3) is 0 Å². The largest absolute Gasteiger partial charge is 0.481 e. The topological polar surface area (TPSA) is 110 Å². The van der Waals surface area contributed by atoms with Crippen LogP contribution in [-0.2, 0) is 24.3 Å². The summed E-state index contributed by atoms with van der Waals surface area (Å²) >= 11 is 0. The van der Waals surface area contributed by atoms with Crippen LogP contribution >= 0.6 is 0 Å². The molecule has 1 unspecified atom stereocenters. The number of hydrogen-bond donors (Lipinski definition) is 2. The third kappa shape index (κ3) is 10.7. The van der Waals surface area contributed by atoms with Crippen LogP contribution in [0.4, 0.5) is 0 Å². The van der Waals surface area contributed by atoms with Gasteiger partial charge in [-0.15, -0.1) is 0 Å². The maximum atomic E-state index is 11.6. The molecule has 1 atom stereocenters. The Kier molecular flexibility index (Phi) is 9.15. The highest BCUT2D eigenvalue weighted by molar-refractivity contribution is 7.89. The highest BCUT2D eigenvalue weighted by atomic mass is 32.2. The Labute approximate surface area is 119 Å². The maximum absolute atomic E-state index is 11.6. The lowest BCUT2D eigenvalue weighted by Gasteiger charge is -2.11. The highest BCUT2D eigenvalue weighted by Crippen LogP contribution is 2.09. The molecule has 118 valence electrons. The van der Waals surface area contributed by atoms with Crippen LogP contribution in [0.2, 0.25) is 0 Å². The summed E-state index contributed by atoms with van der Waals surface area (Å²) in [6.07, 6.45) is 1.50. The van der Waals surface area contributed by atoms with Gasteiger partial charge >= 0.3 is 11.9 Å². The van der Waals surface area contributed by atoms with Gasteiger partial charge in [-0.3, -0.25) is 9.59 Å². The molecule has 0 aromatic carbocycles. The summed E-state index contributed by atoms with van der Waals surface area (Å²) in [5.74, 6) is -1.25. The van der Waals surface area contributed by atoms with Crippen molar-refractivity contribution < 1.29 is 27.9 Å². The first-order valence-electron chi connectivity index (χ1n) is 6.52. The molecule has 0 spiro atoms. The maximum Gasteiger partial charge on any atom is 0.305 e. The summed E-state index contributed by atoms with van der Waals surface area (Å²) in [5.41, 5.74) is 0. The molecule has 0 aromatic heterocycles. The zero-order chi connectivity index (χ0) is 15.6. The highest BCUT2D eigenvalue weighted by Gasteiger charge is 2.12. The van der Waals surface area contributed by atoms with Crippen molar-refractivity contribution in [2.45, 2.75) is 39.0 Å². The predicted octanol–water partition coefficient (Wildman–Crippen LogP) is 0.750. The number of carboxylic acids is 1. The second-order valence-electron chi connectivity index (χ2n) is 4.72. The monoisotopic (exact) mass is 309 g/mol. The average Bonchev–Trinajstić information content (AvgIpc) is 2.35. The van der Waals surface area contributed by atoms with Crippen molar-refractivity contribution in [3.8, 4) is 0 Å². The van der Waals surface area contributed by atoms with Crippen molar-refractivity contribution in [3.63, 3.8) is 0 Å². The van der Waals surface area contributed by atoms with Crippen LogP contribution in [0.3, 0.4) is 0 Å². The Morgan fingerprint density at radius 2 is 1.90 bits per heavy atom. The first-order valence-corrected chi connectivity index (χ1v) is 8.18. The number of methoxy groups -OCH3 is 1. The van der Waals surface area contributed by atoms with Crippen LogP contribution in [0, 0.1) is 5.92 Å². The lowest BCUT2D eigenvalue weighted by Crippen LogP contribution is -2.28. The van der Waals surface area contributed by atoms with E-state index >= 15 is 0 Å². The van der Waals surface area contributed by atoms with Crippen molar-refractivity contribution >= 4 is 22.0 Å². The minimum atomic E-state index is -3.39. The van der Waals surface area contributed by atoms with E-state index in [0.29, 0.717) is 12.8 Å². The summed E-state index contributed by atoms with van der Waals surface area (Å²) in [6, 6.07) is 0. The smallest absolute Gasteiger partial charge is 0.305 e. The minimum Gasteiger partial charge on any atom is -0.481 e. The number of rotatable bonds is 11. The normalized spacial score (nSPS) is 12.9. The molecule has 8 heteroatoms. The summed E-state index contributed by atoms with van der Waals surface area (Å²) in [5, 5.41) is 8.53. The van der Waals surface area contributed by atoms with Crippen molar-refractivity contribution in [2.75, 3.05) is 19.4 Å². The summed E-state index contributed by atoms with van der Waals surface area (Å²) in [6.45, 7) is 2.16. The minimum absolute atomic E-state index is 0.0758. The van der Waals surface area contributed by atoms with E-state index in [9.17, 15) is 18.0 Å². The SMILES string of the molecule is COC(=O)CCCS(=O)(=O)NCCC(C)CCC(=O)O. The zero-order valence-electron chi connectivity index (χ0n) is 11.9. The molecule has 0 amide bonds. The lowest BCUT2D eigenvalue weighted by atomic mass is 10.0. The molecule has 0 heterocycles. The molecule has 0 radical (unpaired) electrons. The van der Waals surface area contributed by atoms with Crippen LogP contribution < -0.4 is 4.72 Å². The van der Waals surface area contributed by atoms with Crippen LogP contribution in [-0.4, -0.2) is 44.9 Å². The molecule has 0 aliphatic rings. The number of sulfonamides is 1. The number of carbonyl (C=O) groups excluding carboxylic acids is 1. The molecule has 0 aliphatic heterocycles. The molecule has 0 fully saturated rings. The first-order chi connectivity index (χ1) is 9.26. The number of hydrogen-bond acceptors (Lipinski definition) is 5. The quantitative estimate of drug-likeness (QED) is 0.545. The lowest BCUT2D eigenvalue weighted by molar-refractivity contribution is -0.140. The molecule has 0 rings (SSSR count). The van der Waals surface area contributed by atoms with Gasteiger partial charge in [0.05, 0.1) is 12.9 Å². The van der Waals surface area contributed by atoms with Gasteiger partial charge in [-0.2, -0.15) is 0 Å². The van der Waals surface area contributed by atoms with Gasteiger partial charge in [0.2, 0.25) is 10.0 Å².